The van der Waals surface area contributed by atoms with Gasteiger partial charge in [0, 0.05) is 12.3 Å². The van der Waals surface area contributed by atoms with Crippen molar-refractivity contribution in [1.29, 1.82) is 0 Å². The van der Waals surface area contributed by atoms with Gasteiger partial charge in [0.05, 0.1) is 5.92 Å². The van der Waals surface area contributed by atoms with Crippen molar-refractivity contribution in [3.63, 3.8) is 0 Å². The van der Waals surface area contributed by atoms with Gasteiger partial charge in [0.1, 0.15) is 0 Å². The maximum atomic E-state index is 12.5. The third kappa shape index (κ3) is 2.95. The monoisotopic (exact) mass is 302 g/mol. The van der Waals surface area contributed by atoms with E-state index in [1.54, 1.807) is 11.8 Å². The molecule has 0 unspecified atom stereocenters. The molecule has 1 atom stereocenters. The normalized spacial score (nSPS) is 15.3. The van der Waals surface area contributed by atoms with Crippen molar-refractivity contribution in [3.8, 4) is 0 Å². The number of nitrogens with zero attached hydrogens (tertiary/aromatic N) is 3. The topological polar surface area (TPSA) is 59.8 Å². The van der Waals surface area contributed by atoms with Gasteiger partial charge in [0.25, 0.3) is 0 Å². The standard InChI is InChI=1S/C15H18N4OS/c1-2-12(11-7-4-3-5-8-11)13(20)16-14-17-18-15-19(14)9-6-10-21-15/h3-5,7-8,12H,2,6,9-10H2,1H3,(H,16,17,20)/t12-/m1/s1. The Bertz CT molecular complexity index is 626. The van der Waals surface area contributed by atoms with Crippen molar-refractivity contribution in [2.24, 2.45) is 0 Å². The van der Waals surface area contributed by atoms with Crippen LogP contribution < -0.4 is 5.32 Å². The number of hydrogen-bond acceptors (Lipinski definition) is 4. The number of anilines is 1. The molecule has 2 heterocycles. The lowest BCUT2D eigenvalue weighted by molar-refractivity contribution is -0.117. The lowest BCUT2D eigenvalue weighted by atomic mass is 9.96. The number of carbonyl (C=O) groups excluding carboxylic acids is 1. The second kappa shape index (κ2) is 6.30. The van der Waals surface area contributed by atoms with Gasteiger partial charge in [-0.25, -0.2) is 0 Å². The van der Waals surface area contributed by atoms with Crippen molar-refractivity contribution >= 4 is 23.6 Å². The Morgan fingerprint density at radius 3 is 2.95 bits per heavy atom. The van der Waals surface area contributed by atoms with Gasteiger partial charge in [0.2, 0.25) is 11.9 Å². The molecule has 6 heteroatoms. The molecule has 1 aromatic carbocycles. The van der Waals surface area contributed by atoms with Crippen molar-refractivity contribution in [3.05, 3.63) is 35.9 Å². The number of amides is 1. The van der Waals surface area contributed by atoms with E-state index in [0.29, 0.717) is 5.95 Å². The first-order valence-electron chi connectivity index (χ1n) is 7.21. The van der Waals surface area contributed by atoms with Crippen LogP contribution in [-0.4, -0.2) is 26.4 Å². The molecule has 0 saturated heterocycles. The molecule has 0 fully saturated rings. The maximum Gasteiger partial charge on any atom is 0.234 e. The van der Waals surface area contributed by atoms with Crippen LogP contribution in [0.5, 0.6) is 0 Å². The highest BCUT2D eigenvalue weighted by molar-refractivity contribution is 7.99. The zero-order valence-electron chi connectivity index (χ0n) is 12.0. The van der Waals surface area contributed by atoms with Gasteiger partial charge >= 0.3 is 0 Å². The zero-order chi connectivity index (χ0) is 14.7. The smallest absolute Gasteiger partial charge is 0.234 e. The first-order valence-corrected chi connectivity index (χ1v) is 8.20. The van der Waals surface area contributed by atoms with Crippen molar-refractivity contribution in [2.45, 2.75) is 37.4 Å². The number of thioether (sulfide) groups is 1. The highest BCUT2D eigenvalue weighted by atomic mass is 32.2. The van der Waals surface area contributed by atoms with Crippen molar-refractivity contribution < 1.29 is 4.79 Å². The van der Waals surface area contributed by atoms with Crippen LogP contribution in [0, 0.1) is 0 Å². The van der Waals surface area contributed by atoms with Gasteiger partial charge in [0.15, 0.2) is 5.16 Å². The van der Waals surface area contributed by atoms with Gasteiger partial charge in [-0.05, 0) is 18.4 Å². The van der Waals surface area contributed by atoms with E-state index in [9.17, 15) is 4.79 Å². The van der Waals surface area contributed by atoms with E-state index in [0.717, 1.165) is 35.9 Å². The molecule has 0 aliphatic carbocycles. The molecular weight excluding hydrogens is 284 g/mol. The minimum absolute atomic E-state index is 0.0190. The Balaban J connectivity index is 1.78. The van der Waals surface area contributed by atoms with E-state index in [-0.39, 0.29) is 11.8 Å². The summed E-state index contributed by atoms with van der Waals surface area (Å²) >= 11 is 1.69. The predicted molar refractivity (Wildman–Crippen MR) is 83.5 cm³/mol. The van der Waals surface area contributed by atoms with E-state index in [2.05, 4.69) is 15.5 Å². The third-order valence-corrected chi connectivity index (χ3v) is 4.69. The Hall–Kier alpha value is -1.82. The number of fused-ring (bicyclic) bond motifs is 1. The van der Waals surface area contributed by atoms with E-state index in [4.69, 9.17) is 0 Å². The van der Waals surface area contributed by atoms with Crippen molar-refractivity contribution in [2.75, 3.05) is 11.1 Å². The molecule has 2 aromatic rings. The van der Waals surface area contributed by atoms with E-state index < -0.39 is 0 Å². The first-order chi connectivity index (χ1) is 10.3. The summed E-state index contributed by atoms with van der Waals surface area (Å²) in [6, 6.07) is 9.85. The Labute approximate surface area is 128 Å². The molecule has 3 rings (SSSR count). The first kappa shape index (κ1) is 14.1. The molecule has 1 aliphatic heterocycles. The van der Waals surface area contributed by atoms with Crippen LogP contribution in [0.1, 0.15) is 31.2 Å². The van der Waals surface area contributed by atoms with Crippen molar-refractivity contribution in [1.82, 2.24) is 14.8 Å². The Morgan fingerprint density at radius 1 is 1.38 bits per heavy atom. The number of hydrogen-bond donors (Lipinski definition) is 1. The van der Waals surface area contributed by atoms with Gasteiger partial charge < -0.3 is 0 Å². The van der Waals surface area contributed by atoms with Crippen LogP contribution in [0.25, 0.3) is 0 Å². The largest absolute Gasteiger partial charge is 0.294 e. The average Bonchev–Trinajstić information content (AvgIpc) is 2.92. The minimum atomic E-state index is -0.157. The third-order valence-electron chi connectivity index (χ3n) is 3.64. The minimum Gasteiger partial charge on any atom is -0.294 e. The maximum absolute atomic E-state index is 12.5. The second-order valence-corrected chi connectivity index (χ2v) is 6.08. The highest BCUT2D eigenvalue weighted by Crippen LogP contribution is 2.27. The summed E-state index contributed by atoms with van der Waals surface area (Å²) in [6.45, 7) is 2.89. The molecule has 5 nitrogen and oxygen atoms in total. The van der Waals surface area contributed by atoms with Crippen LogP contribution in [0.15, 0.2) is 35.5 Å². The van der Waals surface area contributed by atoms with Crippen LogP contribution in [-0.2, 0) is 11.3 Å². The van der Waals surface area contributed by atoms with Crippen LogP contribution in [0.4, 0.5) is 5.95 Å². The molecule has 110 valence electrons. The molecule has 1 aliphatic rings. The summed E-state index contributed by atoms with van der Waals surface area (Å²) < 4.78 is 1.99. The lowest BCUT2D eigenvalue weighted by Gasteiger charge is -2.17. The fraction of sp³-hybridized carbons (Fsp3) is 0.400. The molecule has 1 aromatic heterocycles. The average molecular weight is 302 g/mol. The summed E-state index contributed by atoms with van der Waals surface area (Å²) in [5, 5.41) is 12.1. The lowest BCUT2D eigenvalue weighted by Crippen LogP contribution is -2.23. The van der Waals surface area contributed by atoms with Crippen LogP contribution in [0.2, 0.25) is 0 Å². The summed E-state index contributed by atoms with van der Waals surface area (Å²) in [5.41, 5.74) is 1.03. The zero-order valence-corrected chi connectivity index (χ0v) is 12.8. The molecule has 1 amide bonds. The van der Waals surface area contributed by atoms with Gasteiger partial charge in [-0.3, -0.25) is 14.7 Å². The number of rotatable bonds is 4. The molecular formula is C15H18N4OS. The summed E-state index contributed by atoms with van der Waals surface area (Å²) in [5.74, 6) is 1.45. The number of nitrogens with one attached hydrogen (secondary N) is 1. The SMILES string of the molecule is CC[C@@H](C(=O)Nc1nnc2n1CCCS2)c1ccccc1. The molecule has 0 spiro atoms. The number of carbonyl (C=O) groups is 1. The molecule has 0 saturated carbocycles. The molecule has 21 heavy (non-hydrogen) atoms. The van der Waals surface area contributed by atoms with E-state index in [1.807, 2.05) is 41.8 Å². The highest BCUT2D eigenvalue weighted by Gasteiger charge is 2.22. The second-order valence-electron chi connectivity index (χ2n) is 5.02. The van der Waals surface area contributed by atoms with Gasteiger partial charge in [-0.2, -0.15) is 0 Å². The number of benzene rings is 1. The molecule has 0 bridgehead atoms. The van der Waals surface area contributed by atoms with Crippen LogP contribution in [0.3, 0.4) is 0 Å². The fourth-order valence-electron chi connectivity index (χ4n) is 2.53. The molecule has 1 N–H and O–H groups in total. The summed E-state index contributed by atoms with van der Waals surface area (Å²) in [7, 11) is 0. The number of aromatic nitrogens is 3. The Kier molecular flexibility index (Phi) is 4.24. The summed E-state index contributed by atoms with van der Waals surface area (Å²) in [6.07, 6.45) is 1.83. The van der Waals surface area contributed by atoms with E-state index in [1.165, 1.54) is 0 Å². The quantitative estimate of drug-likeness (QED) is 0.943. The Morgan fingerprint density at radius 2 is 2.19 bits per heavy atom. The van der Waals surface area contributed by atoms with Gasteiger partial charge in [-0.15, -0.1) is 10.2 Å². The predicted octanol–water partition coefficient (Wildman–Crippen LogP) is 2.91. The fourth-order valence-corrected chi connectivity index (χ4v) is 3.42. The van der Waals surface area contributed by atoms with E-state index >= 15 is 0 Å². The molecule has 0 radical (unpaired) electrons. The van der Waals surface area contributed by atoms with Gasteiger partial charge in [-0.1, -0.05) is 49.0 Å². The summed E-state index contributed by atoms with van der Waals surface area (Å²) in [4.78, 5) is 12.5. The van der Waals surface area contributed by atoms with Crippen LogP contribution >= 0.6 is 11.8 Å².